The zero-order valence-electron chi connectivity index (χ0n) is 13.0. The first-order valence-corrected chi connectivity index (χ1v) is 7.68. The van der Waals surface area contributed by atoms with E-state index in [-0.39, 0.29) is 6.54 Å². The molecule has 0 atom stereocenters. The molecule has 2 aromatic heterocycles. The Morgan fingerprint density at radius 1 is 1.19 bits per heavy atom. The Kier molecular flexibility index (Phi) is 4.90. The highest BCUT2D eigenvalue weighted by Gasteiger charge is 2.36. The minimum absolute atomic E-state index is 0.0268. The fourth-order valence-corrected chi connectivity index (χ4v) is 2.51. The summed E-state index contributed by atoms with van der Waals surface area (Å²) in [5.41, 5.74) is -0.375. The molecule has 1 amide bonds. The second kappa shape index (κ2) is 7.12. The number of halogens is 4. The van der Waals surface area contributed by atoms with Crippen molar-refractivity contribution in [2.45, 2.75) is 12.7 Å². The number of carbonyl (C=O) groups is 1. The minimum atomic E-state index is -4.71. The largest absolute Gasteiger partial charge is 0.417 e. The summed E-state index contributed by atoms with van der Waals surface area (Å²) in [5.74, 6) is -0.948. The van der Waals surface area contributed by atoms with Gasteiger partial charge in [0.05, 0.1) is 16.8 Å². The van der Waals surface area contributed by atoms with Gasteiger partial charge in [-0.25, -0.2) is 14.6 Å². The van der Waals surface area contributed by atoms with Gasteiger partial charge in [-0.2, -0.15) is 18.3 Å². The second-order valence-electron chi connectivity index (χ2n) is 5.21. The van der Waals surface area contributed by atoms with Crippen molar-refractivity contribution < 1.29 is 18.0 Å². The Hall–Kier alpha value is -2.94. The molecule has 134 valence electrons. The van der Waals surface area contributed by atoms with Gasteiger partial charge in [0.1, 0.15) is 17.8 Å². The lowest BCUT2D eigenvalue weighted by molar-refractivity contribution is -0.138. The molecule has 0 aliphatic heterocycles. The van der Waals surface area contributed by atoms with Crippen LogP contribution in [0.15, 0.2) is 49.2 Å². The molecular weight excluding hydrogens is 371 g/mol. The maximum atomic E-state index is 13.1. The van der Waals surface area contributed by atoms with Gasteiger partial charge in [0.15, 0.2) is 0 Å². The zero-order chi connectivity index (χ0) is 18.7. The summed E-state index contributed by atoms with van der Waals surface area (Å²) in [7, 11) is 0. The number of amides is 1. The first kappa shape index (κ1) is 17.9. The minimum Gasteiger partial charge on any atom is -0.348 e. The van der Waals surface area contributed by atoms with Crippen molar-refractivity contribution in [1.29, 1.82) is 0 Å². The molecule has 0 radical (unpaired) electrons. The monoisotopic (exact) mass is 381 g/mol. The number of benzene rings is 1. The van der Waals surface area contributed by atoms with Gasteiger partial charge in [-0.15, -0.1) is 0 Å². The van der Waals surface area contributed by atoms with Crippen molar-refractivity contribution in [3.05, 3.63) is 71.0 Å². The van der Waals surface area contributed by atoms with Crippen molar-refractivity contribution in [1.82, 2.24) is 25.1 Å². The van der Waals surface area contributed by atoms with Crippen LogP contribution in [0.5, 0.6) is 0 Å². The molecule has 3 aromatic rings. The fourth-order valence-electron chi connectivity index (χ4n) is 2.27. The van der Waals surface area contributed by atoms with Crippen LogP contribution in [0.1, 0.15) is 21.5 Å². The van der Waals surface area contributed by atoms with Crippen LogP contribution in [0.3, 0.4) is 0 Å². The quantitative estimate of drug-likeness (QED) is 0.704. The summed E-state index contributed by atoms with van der Waals surface area (Å²) >= 11 is 5.70. The average molecular weight is 382 g/mol. The lowest BCUT2D eigenvalue weighted by atomic mass is 10.1. The number of carbonyl (C=O) groups excluding carboxylic acids is 1. The van der Waals surface area contributed by atoms with Gasteiger partial charge in [-0.3, -0.25) is 4.79 Å². The SMILES string of the molecule is O=C(NCc1ccc(-n2cncn2)cc1)c1c(C(F)(F)F)ccnc1Cl. The third kappa shape index (κ3) is 3.83. The Bertz CT molecular complexity index is 911. The summed E-state index contributed by atoms with van der Waals surface area (Å²) < 4.78 is 40.7. The third-order valence-electron chi connectivity index (χ3n) is 3.51. The molecule has 2 heterocycles. The predicted molar refractivity (Wildman–Crippen MR) is 86.8 cm³/mol. The molecular formula is C16H11ClF3N5O. The van der Waals surface area contributed by atoms with Crippen LogP contribution in [0.4, 0.5) is 13.2 Å². The Morgan fingerprint density at radius 3 is 2.54 bits per heavy atom. The molecule has 1 N–H and O–H groups in total. The van der Waals surface area contributed by atoms with Crippen LogP contribution >= 0.6 is 11.6 Å². The van der Waals surface area contributed by atoms with E-state index >= 15 is 0 Å². The molecule has 0 saturated carbocycles. The van der Waals surface area contributed by atoms with Crippen molar-refractivity contribution >= 4 is 17.5 Å². The molecule has 1 aromatic carbocycles. The summed E-state index contributed by atoms with van der Waals surface area (Å²) in [6, 6.07) is 7.63. The number of pyridine rings is 1. The molecule has 0 fully saturated rings. The summed E-state index contributed by atoms with van der Waals surface area (Å²) in [6.07, 6.45) is -0.882. The lowest BCUT2D eigenvalue weighted by Gasteiger charge is -2.13. The highest BCUT2D eigenvalue weighted by atomic mass is 35.5. The summed E-state index contributed by atoms with van der Waals surface area (Å²) in [6.45, 7) is 0.0268. The Morgan fingerprint density at radius 2 is 1.92 bits per heavy atom. The molecule has 0 bridgehead atoms. The Labute approximate surface area is 150 Å². The van der Waals surface area contributed by atoms with Crippen LogP contribution in [-0.2, 0) is 12.7 Å². The summed E-state index contributed by atoms with van der Waals surface area (Å²) in [5, 5.41) is 5.90. The van der Waals surface area contributed by atoms with E-state index in [1.165, 1.54) is 12.7 Å². The normalized spacial score (nSPS) is 11.4. The van der Waals surface area contributed by atoms with Crippen molar-refractivity contribution in [2.24, 2.45) is 0 Å². The highest BCUT2D eigenvalue weighted by Crippen LogP contribution is 2.34. The van der Waals surface area contributed by atoms with Crippen LogP contribution in [-0.4, -0.2) is 25.7 Å². The predicted octanol–water partition coefficient (Wildman–Crippen LogP) is 3.26. The van der Waals surface area contributed by atoms with E-state index < -0.39 is 28.4 Å². The number of hydrogen-bond donors (Lipinski definition) is 1. The molecule has 0 saturated heterocycles. The number of alkyl halides is 3. The van der Waals surface area contributed by atoms with E-state index in [2.05, 4.69) is 20.4 Å². The number of nitrogens with one attached hydrogen (secondary N) is 1. The molecule has 6 nitrogen and oxygen atoms in total. The van der Waals surface area contributed by atoms with E-state index in [9.17, 15) is 18.0 Å². The molecule has 0 aliphatic carbocycles. The number of aromatic nitrogens is 4. The Balaban J connectivity index is 1.74. The van der Waals surface area contributed by atoms with Gasteiger partial charge in [-0.1, -0.05) is 23.7 Å². The first-order chi connectivity index (χ1) is 12.4. The number of hydrogen-bond acceptors (Lipinski definition) is 4. The maximum absolute atomic E-state index is 13.1. The van der Waals surface area contributed by atoms with Gasteiger partial charge < -0.3 is 5.32 Å². The third-order valence-corrected chi connectivity index (χ3v) is 3.80. The van der Waals surface area contributed by atoms with Gasteiger partial charge in [0.25, 0.3) is 5.91 Å². The lowest BCUT2D eigenvalue weighted by Crippen LogP contribution is -2.26. The zero-order valence-corrected chi connectivity index (χ0v) is 13.8. The standard InChI is InChI=1S/C16H11ClF3N5O/c17-14-13(12(5-6-22-14)16(18,19)20)15(26)23-7-10-1-3-11(4-2-10)25-9-21-8-24-25/h1-6,8-9H,7H2,(H,23,26). The van der Waals surface area contributed by atoms with E-state index in [1.54, 1.807) is 28.9 Å². The van der Waals surface area contributed by atoms with Crippen LogP contribution in [0, 0.1) is 0 Å². The maximum Gasteiger partial charge on any atom is 0.417 e. The number of rotatable bonds is 4. The van der Waals surface area contributed by atoms with Gasteiger partial charge in [0, 0.05) is 12.7 Å². The van der Waals surface area contributed by atoms with Crippen LogP contribution < -0.4 is 5.32 Å². The van der Waals surface area contributed by atoms with Gasteiger partial charge in [0.2, 0.25) is 0 Å². The molecule has 0 aliphatic rings. The molecule has 3 rings (SSSR count). The van der Waals surface area contributed by atoms with Crippen molar-refractivity contribution in [3.63, 3.8) is 0 Å². The molecule has 10 heteroatoms. The molecule has 26 heavy (non-hydrogen) atoms. The molecule has 0 spiro atoms. The fraction of sp³-hybridized carbons (Fsp3) is 0.125. The smallest absolute Gasteiger partial charge is 0.348 e. The van der Waals surface area contributed by atoms with E-state index in [1.807, 2.05) is 0 Å². The van der Waals surface area contributed by atoms with Crippen molar-refractivity contribution in [3.8, 4) is 5.69 Å². The second-order valence-corrected chi connectivity index (χ2v) is 5.57. The molecule has 0 unspecified atom stereocenters. The van der Waals surface area contributed by atoms with Crippen LogP contribution in [0.25, 0.3) is 5.69 Å². The van der Waals surface area contributed by atoms with Crippen molar-refractivity contribution in [2.75, 3.05) is 0 Å². The first-order valence-electron chi connectivity index (χ1n) is 7.30. The van der Waals surface area contributed by atoms with E-state index in [4.69, 9.17) is 11.6 Å². The van der Waals surface area contributed by atoms with Gasteiger partial charge in [-0.05, 0) is 23.8 Å². The number of nitrogens with zero attached hydrogens (tertiary/aromatic N) is 4. The topological polar surface area (TPSA) is 72.7 Å². The highest BCUT2D eigenvalue weighted by molar-refractivity contribution is 6.32. The van der Waals surface area contributed by atoms with E-state index in [0.29, 0.717) is 11.6 Å². The van der Waals surface area contributed by atoms with Crippen LogP contribution in [0.2, 0.25) is 5.15 Å². The average Bonchev–Trinajstić information content (AvgIpc) is 3.14. The van der Waals surface area contributed by atoms with E-state index in [0.717, 1.165) is 11.9 Å². The van der Waals surface area contributed by atoms with Gasteiger partial charge >= 0.3 is 6.18 Å². The summed E-state index contributed by atoms with van der Waals surface area (Å²) in [4.78, 5) is 19.6.